The molecule has 112 valence electrons. The number of ether oxygens (including phenoxy) is 1. The lowest BCUT2D eigenvalue weighted by Gasteiger charge is -2.14. The van der Waals surface area contributed by atoms with Crippen molar-refractivity contribution in [2.24, 2.45) is 0 Å². The summed E-state index contributed by atoms with van der Waals surface area (Å²) in [5.74, 6) is 0.903. The molecular weight excluding hydrogens is 262 g/mol. The van der Waals surface area contributed by atoms with E-state index in [0.29, 0.717) is 6.54 Å². The van der Waals surface area contributed by atoms with Crippen molar-refractivity contribution >= 4 is 5.69 Å². The molecule has 0 radical (unpaired) electrons. The molecule has 0 heterocycles. The molecule has 0 aliphatic rings. The number of anilines is 1. The quantitative estimate of drug-likeness (QED) is 0.803. The van der Waals surface area contributed by atoms with Crippen molar-refractivity contribution in [1.29, 1.82) is 0 Å². The highest BCUT2D eigenvalue weighted by Gasteiger charge is 2.06. The van der Waals surface area contributed by atoms with Gasteiger partial charge in [-0.3, -0.25) is 0 Å². The van der Waals surface area contributed by atoms with E-state index in [4.69, 9.17) is 4.74 Å². The van der Waals surface area contributed by atoms with Gasteiger partial charge in [0.05, 0.1) is 12.7 Å². The number of benzene rings is 2. The molecule has 3 heteroatoms. The van der Waals surface area contributed by atoms with Crippen LogP contribution >= 0.6 is 0 Å². The Hall–Kier alpha value is -2.00. The fraction of sp³-hybridized carbons (Fsp3) is 0.333. The molecule has 2 aromatic rings. The van der Waals surface area contributed by atoms with E-state index in [9.17, 15) is 5.11 Å². The van der Waals surface area contributed by atoms with Gasteiger partial charge in [-0.05, 0) is 37.1 Å². The van der Waals surface area contributed by atoms with E-state index in [2.05, 4.69) is 18.3 Å². The number of aliphatic hydroxyl groups excluding tert-OH is 1. The summed E-state index contributed by atoms with van der Waals surface area (Å²) in [5, 5.41) is 13.2. The van der Waals surface area contributed by atoms with Gasteiger partial charge < -0.3 is 15.2 Å². The Balaban J connectivity index is 2.03. The molecule has 21 heavy (non-hydrogen) atoms. The Kier molecular flexibility index (Phi) is 5.64. The molecule has 2 aromatic carbocycles. The first-order chi connectivity index (χ1) is 10.2. The van der Waals surface area contributed by atoms with Crippen LogP contribution < -0.4 is 10.1 Å². The van der Waals surface area contributed by atoms with E-state index >= 15 is 0 Å². The van der Waals surface area contributed by atoms with Crippen molar-refractivity contribution in [3.63, 3.8) is 0 Å². The maximum atomic E-state index is 9.78. The lowest BCUT2D eigenvalue weighted by Crippen LogP contribution is -2.04. The van der Waals surface area contributed by atoms with Crippen LogP contribution in [0.3, 0.4) is 0 Å². The van der Waals surface area contributed by atoms with Gasteiger partial charge in [-0.15, -0.1) is 0 Å². The third-order valence-corrected chi connectivity index (χ3v) is 3.27. The normalized spacial score (nSPS) is 12.0. The van der Waals surface area contributed by atoms with Gasteiger partial charge in [0, 0.05) is 17.8 Å². The average molecular weight is 285 g/mol. The Morgan fingerprint density at radius 2 is 1.95 bits per heavy atom. The number of hydrogen-bond donors (Lipinski definition) is 2. The first kappa shape index (κ1) is 15.4. The van der Waals surface area contributed by atoms with Gasteiger partial charge in [0.1, 0.15) is 5.75 Å². The minimum absolute atomic E-state index is 0.479. The molecular formula is C18H23NO2. The molecule has 1 unspecified atom stereocenters. The summed E-state index contributed by atoms with van der Waals surface area (Å²) < 4.78 is 5.64. The van der Waals surface area contributed by atoms with Gasteiger partial charge >= 0.3 is 0 Å². The SMILES string of the molecule is CCCOc1cccc(CNc2ccccc2C(C)O)c1. The third kappa shape index (κ3) is 4.50. The second-order valence-corrected chi connectivity index (χ2v) is 5.11. The van der Waals surface area contributed by atoms with Crippen LogP contribution in [0.4, 0.5) is 5.69 Å². The highest BCUT2D eigenvalue weighted by Crippen LogP contribution is 2.23. The molecule has 0 aromatic heterocycles. The number of rotatable bonds is 7. The average Bonchev–Trinajstić information content (AvgIpc) is 2.51. The topological polar surface area (TPSA) is 41.5 Å². The molecule has 2 N–H and O–H groups in total. The van der Waals surface area contributed by atoms with Gasteiger partial charge in [0.15, 0.2) is 0 Å². The van der Waals surface area contributed by atoms with Gasteiger partial charge in [0.2, 0.25) is 0 Å². The molecule has 0 saturated heterocycles. The highest BCUT2D eigenvalue weighted by molar-refractivity contribution is 5.52. The molecule has 0 spiro atoms. The van der Waals surface area contributed by atoms with Crippen LogP contribution in [0.15, 0.2) is 48.5 Å². The molecule has 3 nitrogen and oxygen atoms in total. The monoisotopic (exact) mass is 285 g/mol. The maximum Gasteiger partial charge on any atom is 0.119 e. The maximum absolute atomic E-state index is 9.78. The largest absolute Gasteiger partial charge is 0.494 e. The Labute approximate surface area is 126 Å². The van der Waals surface area contributed by atoms with Crippen molar-refractivity contribution in [2.45, 2.75) is 32.9 Å². The summed E-state index contributed by atoms with van der Waals surface area (Å²) in [4.78, 5) is 0. The van der Waals surface area contributed by atoms with Crippen LogP contribution in [0.2, 0.25) is 0 Å². The van der Waals surface area contributed by atoms with Crippen LogP contribution in [0, 0.1) is 0 Å². The number of hydrogen-bond acceptors (Lipinski definition) is 3. The summed E-state index contributed by atoms with van der Waals surface area (Å²) >= 11 is 0. The molecule has 0 bridgehead atoms. The highest BCUT2D eigenvalue weighted by atomic mass is 16.5. The predicted octanol–water partition coefficient (Wildman–Crippen LogP) is 4.14. The Morgan fingerprint density at radius 1 is 1.14 bits per heavy atom. The zero-order chi connectivity index (χ0) is 15.1. The van der Waals surface area contributed by atoms with E-state index in [1.807, 2.05) is 42.5 Å². The van der Waals surface area contributed by atoms with Crippen LogP contribution in [0.1, 0.15) is 37.5 Å². The lowest BCUT2D eigenvalue weighted by molar-refractivity contribution is 0.200. The standard InChI is InChI=1S/C18H23NO2/c1-3-11-21-16-8-6-7-15(12-16)13-19-18-10-5-4-9-17(18)14(2)20/h4-10,12,14,19-20H,3,11,13H2,1-2H3. The molecule has 0 amide bonds. The van der Waals surface area contributed by atoms with Crippen LogP contribution in [0.25, 0.3) is 0 Å². The lowest BCUT2D eigenvalue weighted by atomic mass is 10.1. The van der Waals surface area contributed by atoms with Gasteiger partial charge in [-0.1, -0.05) is 37.3 Å². The second kappa shape index (κ2) is 7.70. The van der Waals surface area contributed by atoms with Gasteiger partial charge in [-0.2, -0.15) is 0 Å². The second-order valence-electron chi connectivity index (χ2n) is 5.11. The van der Waals surface area contributed by atoms with E-state index in [-0.39, 0.29) is 0 Å². The van der Waals surface area contributed by atoms with Crippen LogP contribution in [-0.2, 0) is 6.54 Å². The first-order valence-electron chi connectivity index (χ1n) is 7.43. The zero-order valence-electron chi connectivity index (χ0n) is 12.7. The van der Waals surface area contributed by atoms with Gasteiger partial charge in [0.25, 0.3) is 0 Å². The van der Waals surface area contributed by atoms with E-state index < -0.39 is 6.10 Å². The molecule has 0 aliphatic heterocycles. The molecule has 0 aliphatic carbocycles. The molecule has 0 saturated carbocycles. The summed E-state index contributed by atoms with van der Waals surface area (Å²) in [7, 11) is 0. The van der Waals surface area contributed by atoms with Gasteiger partial charge in [-0.25, -0.2) is 0 Å². The minimum atomic E-state index is -0.479. The molecule has 1 atom stereocenters. The summed E-state index contributed by atoms with van der Waals surface area (Å²) in [5.41, 5.74) is 3.03. The third-order valence-electron chi connectivity index (χ3n) is 3.27. The summed E-state index contributed by atoms with van der Waals surface area (Å²) in [6, 6.07) is 15.9. The van der Waals surface area contributed by atoms with E-state index in [0.717, 1.165) is 35.6 Å². The zero-order valence-corrected chi connectivity index (χ0v) is 12.7. The number of aliphatic hydroxyl groups is 1. The fourth-order valence-corrected chi connectivity index (χ4v) is 2.18. The Morgan fingerprint density at radius 3 is 2.71 bits per heavy atom. The molecule has 2 rings (SSSR count). The first-order valence-corrected chi connectivity index (χ1v) is 7.43. The summed E-state index contributed by atoms with van der Waals surface area (Å²) in [6.07, 6.45) is 0.525. The fourth-order valence-electron chi connectivity index (χ4n) is 2.18. The number of para-hydroxylation sites is 1. The van der Waals surface area contributed by atoms with E-state index in [1.54, 1.807) is 6.92 Å². The van der Waals surface area contributed by atoms with Crippen molar-refractivity contribution in [2.75, 3.05) is 11.9 Å². The van der Waals surface area contributed by atoms with Crippen LogP contribution in [-0.4, -0.2) is 11.7 Å². The van der Waals surface area contributed by atoms with Crippen molar-refractivity contribution in [3.05, 3.63) is 59.7 Å². The summed E-state index contributed by atoms with van der Waals surface area (Å²) in [6.45, 7) is 5.31. The van der Waals surface area contributed by atoms with E-state index in [1.165, 1.54) is 0 Å². The Bertz CT molecular complexity index is 567. The van der Waals surface area contributed by atoms with Crippen molar-refractivity contribution < 1.29 is 9.84 Å². The minimum Gasteiger partial charge on any atom is -0.494 e. The van der Waals surface area contributed by atoms with Crippen LogP contribution in [0.5, 0.6) is 5.75 Å². The predicted molar refractivity (Wildman–Crippen MR) is 86.6 cm³/mol. The number of nitrogens with one attached hydrogen (secondary N) is 1. The smallest absolute Gasteiger partial charge is 0.119 e. The molecule has 0 fully saturated rings. The van der Waals surface area contributed by atoms with Crippen molar-refractivity contribution in [3.8, 4) is 5.75 Å². The van der Waals surface area contributed by atoms with Crippen molar-refractivity contribution in [1.82, 2.24) is 0 Å².